The van der Waals surface area contributed by atoms with Crippen LogP contribution < -0.4 is 0 Å². The monoisotopic (exact) mass is 315 g/mol. The van der Waals surface area contributed by atoms with Crippen LogP contribution in [0.3, 0.4) is 0 Å². The average molecular weight is 315 g/mol. The topological polar surface area (TPSA) is 84.7 Å². The summed E-state index contributed by atoms with van der Waals surface area (Å²) in [6.07, 6.45) is 1.90. The van der Waals surface area contributed by atoms with Gasteiger partial charge in [0.25, 0.3) is 0 Å². The second kappa shape index (κ2) is 5.35. The van der Waals surface area contributed by atoms with Crippen molar-refractivity contribution in [2.75, 3.05) is 19.7 Å². The highest BCUT2D eigenvalue weighted by Gasteiger charge is 2.41. The molecular weight excluding hydrogens is 294 g/mol. The molecule has 2 atom stereocenters. The van der Waals surface area contributed by atoms with Crippen LogP contribution in [0.25, 0.3) is 0 Å². The number of fused-ring (bicyclic) bond motifs is 2. The van der Waals surface area contributed by atoms with Gasteiger partial charge in [-0.1, -0.05) is 0 Å². The minimum atomic E-state index is -3.56. The van der Waals surface area contributed by atoms with E-state index in [2.05, 4.69) is 5.10 Å². The van der Waals surface area contributed by atoms with Gasteiger partial charge < -0.3 is 9.84 Å². The maximum Gasteiger partial charge on any atom is 0.246 e. The molecule has 0 aromatic carbocycles. The minimum Gasteiger partial charge on any atom is -0.394 e. The summed E-state index contributed by atoms with van der Waals surface area (Å²) in [4.78, 5) is 0.275. The molecule has 3 heterocycles. The summed E-state index contributed by atoms with van der Waals surface area (Å²) in [5.74, 6) is 0. The summed E-state index contributed by atoms with van der Waals surface area (Å²) in [6, 6.07) is 0. The first-order valence-corrected chi connectivity index (χ1v) is 8.68. The standard InChI is InChI=1S/C13H21N3O4S/c1-9-13(10(2)16(14-9)5-6-17)21(18,19)15-7-11-3-4-12(8-15)20-11/h11-12,17H,3-8H2,1-2H3. The molecule has 2 bridgehead atoms. The van der Waals surface area contributed by atoms with Gasteiger partial charge in [0.1, 0.15) is 4.90 Å². The number of sulfonamides is 1. The van der Waals surface area contributed by atoms with E-state index in [4.69, 9.17) is 9.84 Å². The Morgan fingerprint density at radius 1 is 1.29 bits per heavy atom. The van der Waals surface area contributed by atoms with E-state index >= 15 is 0 Å². The van der Waals surface area contributed by atoms with Crippen LogP contribution in [0, 0.1) is 13.8 Å². The number of hydrogen-bond acceptors (Lipinski definition) is 5. The first-order chi connectivity index (χ1) is 9.93. The first kappa shape index (κ1) is 15.0. The molecule has 0 saturated carbocycles. The predicted octanol–water partition coefficient (Wildman–Crippen LogP) is 0.0441. The Morgan fingerprint density at radius 2 is 1.90 bits per heavy atom. The Kier molecular flexibility index (Phi) is 3.81. The Bertz CT molecular complexity index is 628. The van der Waals surface area contributed by atoms with E-state index in [9.17, 15) is 8.42 Å². The van der Waals surface area contributed by atoms with Gasteiger partial charge in [-0.2, -0.15) is 9.40 Å². The summed E-state index contributed by atoms with van der Waals surface area (Å²) in [5, 5.41) is 13.3. The number of aromatic nitrogens is 2. The third-order valence-corrected chi connectivity index (χ3v) is 6.32. The van der Waals surface area contributed by atoms with Crippen molar-refractivity contribution in [3.05, 3.63) is 11.4 Å². The number of nitrogens with zero attached hydrogens (tertiary/aromatic N) is 3. The van der Waals surface area contributed by atoms with E-state index in [-0.39, 0.29) is 23.7 Å². The molecule has 1 aromatic rings. The highest BCUT2D eigenvalue weighted by Crippen LogP contribution is 2.31. The molecule has 7 nitrogen and oxygen atoms in total. The van der Waals surface area contributed by atoms with E-state index in [0.29, 0.717) is 31.0 Å². The molecule has 2 fully saturated rings. The van der Waals surface area contributed by atoms with Gasteiger partial charge in [-0.05, 0) is 26.7 Å². The van der Waals surface area contributed by atoms with Crippen molar-refractivity contribution in [1.29, 1.82) is 0 Å². The molecule has 2 aliphatic rings. The van der Waals surface area contributed by atoms with Crippen LogP contribution in [0.4, 0.5) is 0 Å². The second-order valence-corrected chi connectivity index (χ2v) is 7.60. The Hall–Kier alpha value is -0.960. The Labute approximate surface area is 124 Å². The molecular formula is C13H21N3O4S. The van der Waals surface area contributed by atoms with Crippen molar-refractivity contribution >= 4 is 10.0 Å². The summed E-state index contributed by atoms with van der Waals surface area (Å²) in [7, 11) is -3.56. The normalized spacial score (nSPS) is 26.4. The van der Waals surface area contributed by atoms with Gasteiger partial charge in [-0.25, -0.2) is 8.42 Å². The van der Waals surface area contributed by atoms with Crippen molar-refractivity contribution in [2.45, 2.75) is 50.3 Å². The van der Waals surface area contributed by atoms with Crippen LogP contribution in [0.2, 0.25) is 0 Å². The van der Waals surface area contributed by atoms with Crippen LogP contribution in [-0.4, -0.2) is 59.5 Å². The number of hydrogen-bond donors (Lipinski definition) is 1. The highest BCUT2D eigenvalue weighted by molar-refractivity contribution is 7.89. The number of morpholine rings is 1. The van der Waals surface area contributed by atoms with Gasteiger partial charge in [0, 0.05) is 13.1 Å². The van der Waals surface area contributed by atoms with E-state index in [1.165, 1.54) is 4.31 Å². The molecule has 21 heavy (non-hydrogen) atoms. The largest absolute Gasteiger partial charge is 0.394 e. The van der Waals surface area contributed by atoms with Gasteiger partial charge in [0.05, 0.1) is 36.7 Å². The molecule has 0 spiro atoms. The third kappa shape index (κ3) is 2.50. The van der Waals surface area contributed by atoms with Crippen LogP contribution in [-0.2, 0) is 21.3 Å². The van der Waals surface area contributed by atoms with Crippen molar-refractivity contribution in [3.63, 3.8) is 0 Å². The van der Waals surface area contributed by atoms with Crippen molar-refractivity contribution in [3.8, 4) is 0 Å². The molecule has 1 N–H and O–H groups in total. The predicted molar refractivity (Wildman–Crippen MR) is 75.4 cm³/mol. The van der Waals surface area contributed by atoms with Crippen LogP contribution in [0.15, 0.2) is 4.90 Å². The summed E-state index contributed by atoms with van der Waals surface area (Å²) in [6.45, 7) is 4.51. The molecule has 2 saturated heterocycles. The fourth-order valence-corrected chi connectivity index (χ4v) is 5.15. The van der Waals surface area contributed by atoms with Crippen LogP contribution in [0.1, 0.15) is 24.2 Å². The lowest BCUT2D eigenvalue weighted by atomic mass is 10.2. The quantitative estimate of drug-likeness (QED) is 0.848. The Morgan fingerprint density at radius 3 is 2.48 bits per heavy atom. The molecule has 2 unspecified atom stereocenters. The van der Waals surface area contributed by atoms with Gasteiger partial charge in [-0.15, -0.1) is 0 Å². The average Bonchev–Trinajstić information content (AvgIpc) is 2.90. The highest BCUT2D eigenvalue weighted by atomic mass is 32.2. The van der Waals surface area contributed by atoms with Gasteiger partial charge >= 0.3 is 0 Å². The van der Waals surface area contributed by atoms with Crippen LogP contribution >= 0.6 is 0 Å². The van der Waals surface area contributed by atoms with Crippen molar-refractivity contribution < 1.29 is 18.3 Å². The molecule has 1 aromatic heterocycles. The smallest absolute Gasteiger partial charge is 0.246 e. The SMILES string of the molecule is Cc1nn(CCO)c(C)c1S(=O)(=O)N1CC2CCC(C1)O2. The molecule has 2 aliphatic heterocycles. The van der Waals surface area contributed by atoms with E-state index in [1.54, 1.807) is 18.5 Å². The molecule has 0 aliphatic carbocycles. The minimum absolute atomic E-state index is 0.0200. The fraction of sp³-hybridized carbons (Fsp3) is 0.769. The molecule has 8 heteroatoms. The number of ether oxygens (including phenoxy) is 1. The number of rotatable bonds is 4. The molecule has 0 amide bonds. The number of aryl methyl sites for hydroxylation is 1. The molecule has 118 valence electrons. The molecule has 3 rings (SSSR count). The third-order valence-electron chi connectivity index (χ3n) is 4.23. The summed E-state index contributed by atoms with van der Waals surface area (Å²) in [5.41, 5.74) is 1.07. The maximum absolute atomic E-state index is 12.9. The zero-order chi connectivity index (χ0) is 15.2. The molecule has 0 radical (unpaired) electrons. The lowest BCUT2D eigenvalue weighted by Gasteiger charge is -2.31. The summed E-state index contributed by atoms with van der Waals surface area (Å²) < 4.78 is 34.6. The number of aliphatic hydroxyl groups is 1. The lowest BCUT2D eigenvalue weighted by Crippen LogP contribution is -2.45. The maximum atomic E-state index is 12.9. The van der Waals surface area contributed by atoms with Gasteiger partial charge in [0.2, 0.25) is 10.0 Å². The van der Waals surface area contributed by atoms with E-state index in [0.717, 1.165) is 12.8 Å². The second-order valence-electron chi connectivity index (χ2n) is 5.73. The van der Waals surface area contributed by atoms with Crippen molar-refractivity contribution in [1.82, 2.24) is 14.1 Å². The van der Waals surface area contributed by atoms with Crippen LogP contribution in [0.5, 0.6) is 0 Å². The number of aliphatic hydroxyl groups excluding tert-OH is 1. The zero-order valence-electron chi connectivity index (χ0n) is 12.3. The van der Waals surface area contributed by atoms with Gasteiger partial charge in [0.15, 0.2) is 0 Å². The summed E-state index contributed by atoms with van der Waals surface area (Å²) >= 11 is 0. The fourth-order valence-electron chi connectivity index (χ4n) is 3.27. The first-order valence-electron chi connectivity index (χ1n) is 7.24. The van der Waals surface area contributed by atoms with Gasteiger partial charge in [-0.3, -0.25) is 4.68 Å². The van der Waals surface area contributed by atoms with E-state index < -0.39 is 10.0 Å². The zero-order valence-corrected chi connectivity index (χ0v) is 13.1. The van der Waals surface area contributed by atoms with Crippen molar-refractivity contribution in [2.24, 2.45) is 0 Å². The Balaban J connectivity index is 1.95. The van der Waals surface area contributed by atoms with E-state index in [1.807, 2.05) is 0 Å². The lowest BCUT2D eigenvalue weighted by molar-refractivity contribution is -0.0114.